The van der Waals surface area contributed by atoms with E-state index >= 15 is 0 Å². The third-order valence-corrected chi connectivity index (χ3v) is 4.24. The number of piperazine rings is 1. The second kappa shape index (κ2) is 5.14. The second-order valence-electron chi connectivity index (χ2n) is 5.49. The van der Waals surface area contributed by atoms with E-state index in [4.69, 9.17) is 0 Å². The van der Waals surface area contributed by atoms with E-state index in [0.717, 1.165) is 18.9 Å². The van der Waals surface area contributed by atoms with Gasteiger partial charge < -0.3 is 4.90 Å². The molecule has 2 aliphatic rings. The van der Waals surface area contributed by atoms with Crippen LogP contribution in [0.3, 0.4) is 0 Å². The summed E-state index contributed by atoms with van der Waals surface area (Å²) in [6.07, 6.45) is 7.15. The molecule has 1 aromatic heterocycles. The molecule has 2 atom stereocenters. The molecule has 19 heavy (non-hydrogen) atoms. The van der Waals surface area contributed by atoms with Crippen LogP contribution in [0.4, 0.5) is 5.82 Å². The molecule has 1 aromatic rings. The normalized spacial score (nSPS) is 27.7. The number of rotatable bonds is 1. The third-order valence-electron chi connectivity index (χ3n) is 4.24. The molecule has 5 nitrogen and oxygen atoms in total. The first-order chi connectivity index (χ1) is 9.29. The molecule has 2 unspecified atom stereocenters. The minimum Gasteiger partial charge on any atom is -0.349 e. The Hall–Kier alpha value is -1.67. The smallest absolute Gasteiger partial charge is 0.183 e. The van der Waals surface area contributed by atoms with Crippen LogP contribution in [0.15, 0.2) is 12.4 Å². The Balaban J connectivity index is 1.86. The molecule has 0 radical (unpaired) electrons. The number of nitriles is 1. The fourth-order valence-electron chi connectivity index (χ4n) is 3.27. The number of aromatic nitrogens is 2. The molecule has 3 rings (SSSR count). The van der Waals surface area contributed by atoms with Gasteiger partial charge in [-0.05, 0) is 26.3 Å². The van der Waals surface area contributed by atoms with Crippen molar-refractivity contribution in [2.45, 2.75) is 38.3 Å². The van der Waals surface area contributed by atoms with Crippen LogP contribution in [-0.2, 0) is 0 Å². The van der Waals surface area contributed by atoms with Gasteiger partial charge >= 0.3 is 0 Å². The van der Waals surface area contributed by atoms with Gasteiger partial charge in [-0.2, -0.15) is 5.26 Å². The van der Waals surface area contributed by atoms with Gasteiger partial charge in [0.15, 0.2) is 11.5 Å². The molecule has 2 saturated heterocycles. The summed E-state index contributed by atoms with van der Waals surface area (Å²) in [5, 5.41) is 9.18. The second-order valence-corrected chi connectivity index (χ2v) is 5.49. The van der Waals surface area contributed by atoms with Crippen LogP contribution < -0.4 is 4.90 Å². The Labute approximate surface area is 113 Å². The summed E-state index contributed by atoms with van der Waals surface area (Å²) in [7, 11) is 0. The van der Waals surface area contributed by atoms with Crippen LogP contribution in [0.1, 0.15) is 31.9 Å². The first-order valence-corrected chi connectivity index (χ1v) is 7.01. The monoisotopic (exact) mass is 257 g/mol. The zero-order chi connectivity index (χ0) is 13.2. The van der Waals surface area contributed by atoms with E-state index in [0.29, 0.717) is 17.8 Å². The van der Waals surface area contributed by atoms with Crippen molar-refractivity contribution in [2.75, 3.05) is 24.5 Å². The van der Waals surface area contributed by atoms with Crippen LogP contribution >= 0.6 is 0 Å². The van der Waals surface area contributed by atoms with Crippen molar-refractivity contribution in [2.24, 2.45) is 0 Å². The van der Waals surface area contributed by atoms with Gasteiger partial charge in [0.2, 0.25) is 0 Å². The van der Waals surface area contributed by atoms with Crippen LogP contribution in [-0.4, -0.2) is 46.6 Å². The summed E-state index contributed by atoms with van der Waals surface area (Å²) in [5.74, 6) is 0.753. The maximum Gasteiger partial charge on any atom is 0.183 e. The molecule has 0 amide bonds. The lowest BCUT2D eigenvalue weighted by molar-refractivity contribution is 0.115. The lowest BCUT2D eigenvalue weighted by Gasteiger charge is -2.47. The summed E-state index contributed by atoms with van der Waals surface area (Å²) >= 11 is 0. The molecular formula is C14H19N5. The quantitative estimate of drug-likeness (QED) is 0.761. The molecular weight excluding hydrogens is 238 g/mol. The zero-order valence-corrected chi connectivity index (χ0v) is 11.3. The third kappa shape index (κ3) is 2.28. The van der Waals surface area contributed by atoms with Gasteiger partial charge in [0, 0.05) is 37.6 Å². The largest absolute Gasteiger partial charge is 0.349 e. The minimum absolute atomic E-state index is 0.387. The number of hydrogen-bond acceptors (Lipinski definition) is 5. The molecule has 0 N–H and O–H groups in total. The number of piperidine rings is 1. The SMILES string of the molecule is CC1CN2CCCCC2CN1c1nccnc1C#N. The Bertz CT molecular complexity index is 495. The van der Waals surface area contributed by atoms with Crippen LogP contribution in [0.25, 0.3) is 0 Å². The van der Waals surface area contributed by atoms with Gasteiger partial charge in [-0.15, -0.1) is 0 Å². The summed E-state index contributed by atoms with van der Waals surface area (Å²) in [4.78, 5) is 13.4. The Kier molecular flexibility index (Phi) is 3.34. The van der Waals surface area contributed by atoms with E-state index < -0.39 is 0 Å². The maximum absolute atomic E-state index is 9.18. The molecule has 2 fully saturated rings. The van der Waals surface area contributed by atoms with Crippen LogP contribution in [0.5, 0.6) is 0 Å². The van der Waals surface area contributed by atoms with E-state index in [1.807, 2.05) is 0 Å². The summed E-state index contributed by atoms with van der Waals surface area (Å²) in [5.41, 5.74) is 0.443. The topological polar surface area (TPSA) is 56.1 Å². The van der Waals surface area contributed by atoms with Crippen molar-refractivity contribution in [3.05, 3.63) is 18.1 Å². The molecule has 0 aromatic carbocycles. The minimum atomic E-state index is 0.387. The van der Waals surface area contributed by atoms with Crippen molar-refractivity contribution in [1.82, 2.24) is 14.9 Å². The van der Waals surface area contributed by atoms with Crippen LogP contribution in [0.2, 0.25) is 0 Å². The fourth-order valence-corrected chi connectivity index (χ4v) is 3.27. The predicted molar refractivity (Wildman–Crippen MR) is 72.8 cm³/mol. The highest BCUT2D eigenvalue weighted by molar-refractivity contribution is 5.51. The molecule has 0 aliphatic carbocycles. The van der Waals surface area contributed by atoms with Crippen molar-refractivity contribution >= 4 is 5.82 Å². The molecule has 0 bridgehead atoms. The highest BCUT2D eigenvalue weighted by Crippen LogP contribution is 2.27. The first kappa shape index (κ1) is 12.4. The fraction of sp³-hybridized carbons (Fsp3) is 0.643. The van der Waals surface area contributed by atoms with Gasteiger partial charge in [-0.3, -0.25) is 4.90 Å². The number of hydrogen-bond donors (Lipinski definition) is 0. The highest BCUT2D eigenvalue weighted by atomic mass is 15.3. The standard InChI is InChI=1S/C14H19N5/c1-11-9-18-7-3-2-4-12(18)10-19(11)14-13(8-15)16-5-6-17-14/h5-6,11-12H,2-4,7,9-10H2,1H3. The van der Waals surface area contributed by atoms with E-state index in [9.17, 15) is 5.26 Å². The predicted octanol–water partition coefficient (Wildman–Crippen LogP) is 1.41. The van der Waals surface area contributed by atoms with E-state index in [2.05, 4.69) is 32.8 Å². The Morgan fingerprint density at radius 1 is 1.26 bits per heavy atom. The Morgan fingerprint density at radius 3 is 2.95 bits per heavy atom. The van der Waals surface area contributed by atoms with E-state index in [1.165, 1.54) is 25.8 Å². The number of anilines is 1. The average Bonchev–Trinajstić information content (AvgIpc) is 2.46. The van der Waals surface area contributed by atoms with Crippen molar-refractivity contribution in [3.63, 3.8) is 0 Å². The first-order valence-electron chi connectivity index (χ1n) is 7.01. The van der Waals surface area contributed by atoms with Gasteiger partial charge in [-0.1, -0.05) is 6.42 Å². The molecule has 5 heteroatoms. The van der Waals surface area contributed by atoms with Gasteiger partial charge in [0.25, 0.3) is 0 Å². The summed E-state index contributed by atoms with van der Waals surface area (Å²) in [6, 6.07) is 3.15. The molecule has 0 saturated carbocycles. The lowest BCUT2D eigenvalue weighted by atomic mass is 9.97. The van der Waals surface area contributed by atoms with Gasteiger partial charge in [0.05, 0.1) is 0 Å². The lowest BCUT2D eigenvalue weighted by Crippen LogP contribution is -2.59. The Morgan fingerprint density at radius 2 is 2.11 bits per heavy atom. The van der Waals surface area contributed by atoms with Gasteiger partial charge in [0.1, 0.15) is 6.07 Å². The molecule has 0 spiro atoms. The van der Waals surface area contributed by atoms with Gasteiger partial charge in [-0.25, -0.2) is 9.97 Å². The molecule has 3 heterocycles. The average molecular weight is 257 g/mol. The maximum atomic E-state index is 9.18. The van der Waals surface area contributed by atoms with E-state index in [1.54, 1.807) is 12.4 Å². The summed E-state index contributed by atoms with van der Waals surface area (Å²) in [6.45, 7) is 5.45. The zero-order valence-electron chi connectivity index (χ0n) is 11.3. The molecule has 100 valence electrons. The van der Waals surface area contributed by atoms with E-state index in [-0.39, 0.29) is 0 Å². The summed E-state index contributed by atoms with van der Waals surface area (Å²) < 4.78 is 0. The highest BCUT2D eigenvalue weighted by Gasteiger charge is 2.34. The number of nitrogens with zero attached hydrogens (tertiary/aromatic N) is 5. The van der Waals surface area contributed by atoms with Crippen molar-refractivity contribution < 1.29 is 0 Å². The molecule has 2 aliphatic heterocycles. The van der Waals surface area contributed by atoms with Crippen molar-refractivity contribution in [1.29, 1.82) is 5.26 Å². The van der Waals surface area contributed by atoms with Crippen LogP contribution in [0, 0.1) is 11.3 Å². The van der Waals surface area contributed by atoms with Crippen molar-refractivity contribution in [3.8, 4) is 6.07 Å². The number of fused-ring (bicyclic) bond motifs is 1.